The molecule has 0 aliphatic carbocycles. The molecule has 1 heterocycles. The zero-order valence-electron chi connectivity index (χ0n) is 13.4. The van der Waals surface area contributed by atoms with E-state index in [9.17, 15) is 14.9 Å². The fourth-order valence-corrected chi connectivity index (χ4v) is 2.53. The van der Waals surface area contributed by atoms with E-state index in [0.29, 0.717) is 6.54 Å². The molecule has 0 spiro atoms. The van der Waals surface area contributed by atoms with Crippen LogP contribution in [0.15, 0.2) is 24.3 Å². The number of hydrogen-bond donors (Lipinski definition) is 1. The molecule has 1 saturated heterocycles. The number of amides is 1. The van der Waals surface area contributed by atoms with Crippen LogP contribution in [0.3, 0.4) is 0 Å². The number of carbonyl (C=O) groups is 1. The lowest BCUT2D eigenvalue weighted by atomic mass is 10.00. The largest absolute Gasteiger partial charge is 0.379 e. The number of rotatable bonds is 7. The highest BCUT2D eigenvalue weighted by atomic mass is 16.6. The Hall–Kier alpha value is -1.99. The third-order valence-electron chi connectivity index (χ3n) is 4.05. The molecule has 0 bridgehead atoms. The quantitative estimate of drug-likeness (QED) is 0.468. The van der Waals surface area contributed by atoms with E-state index >= 15 is 0 Å². The maximum atomic E-state index is 12.1. The van der Waals surface area contributed by atoms with Crippen molar-refractivity contribution in [3.8, 4) is 0 Å². The predicted molar refractivity (Wildman–Crippen MR) is 86.4 cm³/mol. The fraction of sp³-hybridized carbons (Fsp3) is 0.562. The Labute approximate surface area is 135 Å². The zero-order chi connectivity index (χ0) is 16.7. The second-order valence-electron chi connectivity index (χ2n) is 5.67. The van der Waals surface area contributed by atoms with Gasteiger partial charge in [-0.25, -0.2) is 0 Å². The summed E-state index contributed by atoms with van der Waals surface area (Å²) in [7, 11) is 0. The summed E-state index contributed by atoms with van der Waals surface area (Å²) in [4.78, 5) is 24.7. The number of nitro groups is 1. The number of nitrogens with zero attached hydrogens (tertiary/aromatic N) is 2. The normalized spacial score (nSPS) is 16.7. The van der Waals surface area contributed by atoms with Gasteiger partial charge in [-0.1, -0.05) is 12.1 Å². The van der Waals surface area contributed by atoms with Crippen molar-refractivity contribution in [1.29, 1.82) is 0 Å². The van der Waals surface area contributed by atoms with Crippen molar-refractivity contribution >= 4 is 11.6 Å². The summed E-state index contributed by atoms with van der Waals surface area (Å²) in [6, 6.07) is 6.13. The minimum absolute atomic E-state index is 0.0341. The minimum atomic E-state index is -0.444. The molecule has 1 aliphatic rings. The van der Waals surface area contributed by atoms with Crippen LogP contribution in [0.1, 0.15) is 24.8 Å². The monoisotopic (exact) mass is 321 g/mol. The van der Waals surface area contributed by atoms with E-state index in [1.165, 1.54) is 12.1 Å². The number of nitrogens with one attached hydrogen (secondary N) is 1. The molecule has 1 aliphatic heterocycles. The number of nitro benzene ring substituents is 1. The Morgan fingerprint density at radius 1 is 1.35 bits per heavy atom. The summed E-state index contributed by atoms with van der Waals surface area (Å²) >= 11 is 0. The molecule has 1 N–H and O–H groups in total. The molecule has 1 aromatic rings. The van der Waals surface area contributed by atoms with Gasteiger partial charge in [-0.3, -0.25) is 19.8 Å². The van der Waals surface area contributed by atoms with E-state index in [0.717, 1.165) is 44.8 Å². The fourth-order valence-electron chi connectivity index (χ4n) is 2.53. The average Bonchev–Trinajstić information content (AvgIpc) is 2.59. The van der Waals surface area contributed by atoms with Gasteiger partial charge < -0.3 is 10.1 Å². The first-order chi connectivity index (χ1) is 11.1. The predicted octanol–water partition coefficient (Wildman–Crippen LogP) is 1.54. The van der Waals surface area contributed by atoms with Crippen molar-refractivity contribution in [2.45, 2.75) is 19.3 Å². The smallest absolute Gasteiger partial charge is 0.269 e. The molecule has 2 rings (SSSR count). The van der Waals surface area contributed by atoms with Gasteiger partial charge in [-0.2, -0.15) is 0 Å². The molecule has 7 heteroatoms. The van der Waals surface area contributed by atoms with Gasteiger partial charge in [0, 0.05) is 31.8 Å². The molecule has 0 unspecified atom stereocenters. The number of hydrogen-bond acceptors (Lipinski definition) is 5. The summed E-state index contributed by atoms with van der Waals surface area (Å²) in [6.45, 7) is 6.86. The Kier molecular flexibility index (Phi) is 6.49. The molecule has 1 atom stereocenters. The maximum Gasteiger partial charge on any atom is 0.269 e. The van der Waals surface area contributed by atoms with Crippen molar-refractivity contribution in [1.82, 2.24) is 10.2 Å². The second kappa shape index (κ2) is 8.59. The SMILES string of the molecule is C[C@@H](C(=O)NCCCN1CCOCC1)c1ccc([N+](=O)[O-])cc1. The van der Waals surface area contributed by atoms with Crippen LogP contribution < -0.4 is 5.32 Å². The number of non-ortho nitro benzene ring substituents is 1. The summed E-state index contributed by atoms with van der Waals surface area (Å²) in [5.41, 5.74) is 0.813. The molecule has 23 heavy (non-hydrogen) atoms. The van der Waals surface area contributed by atoms with Gasteiger partial charge >= 0.3 is 0 Å². The van der Waals surface area contributed by atoms with Crippen LogP contribution >= 0.6 is 0 Å². The summed E-state index contributed by atoms with van der Waals surface area (Å²) in [6.07, 6.45) is 0.902. The first-order valence-electron chi connectivity index (χ1n) is 7.90. The number of benzene rings is 1. The van der Waals surface area contributed by atoms with Crippen molar-refractivity contribution in [2.24, 2.45) is 0 Å². The average molecular weight is 321 g/mol. The highest BCUT2D eigenvalue weighted by molar-refractivity contribution is 5.83. The zero-order valence-corrected chi connectivity index (χ0v) is 13.4. The van der Waals surface area contributed by atoms with E-state index in [1.807, 2.05) is 0 Å². The molecule has 1 amide bonds. The molecule has 1 fully saturated rings. The summed E-state index contributed by atoms with van der Waals surface area (Å²) in [5.74, 6) is -0.375. The molecule has 1 aromatic carbocycles. The van der Waals surface area contributed by atoms with Gasteiger partial charge in [0.2, 0.25) is 5.91 Å². The maximum absolute atomic E-state index is 12.1. The van der Waals surface area contributed by atoms with Crippen LogP contribution in [-0.4, -0.2) is 55.1 Å². The third-order valence-corrected chi connectivity index (χ3v) is 4.05. The first kappa shape index (κ1) is 17.4. The van der Waals surface area contributed by atoms with Gasteiger partial charge in [0.1, 0.15) is 0 Å². The van der Waals surface area contributed by atoms with Gasteiger partial charge in [0.05, 0.1) is 24.1 Å². The van der Waals surface area contributed by atoms with Crippen molar-refractivity contribution in [3.05, 3.63) is 39.9 Å². The number of morpholine rings is 1. The van der Waals surface area contributed by atoms with E-state index in [-0.39, 0.29) is 17.5 Å². The van der Waals surface area contributed by atoms with Crippen LogP contribution in [0.4, 0.5) is 5.69 Å². The molecular formula is C16H23N3O4. The standard InChI is InChI=1S/C16H23N3O4/c1-13(14-3-5-15(6-4-14)19(21)22)16(20)17-7-2-8-18-9-11-23-12-10-18/h3-6,13H,2,7-12H2,1H3,(H,17,20)/t13-/m1/s1. The lowest BCUT2D eigenvalue weighted by Gasteiger charge is -2.26. The van der Waals surface area contributed by atoms with Crippen LogP contribution in [0.25, 0.3) is 0 Å². The molecule has 0 saturated carbocycles. The Bertz CT molecular complexity index is 527. The van der Waals surface area contributed by atoms with Gasteiger partial charge in [0.25, 0.3) is 5.69 Å². The van der Waals surface area contributed by atoms with Crippen molar-refractivity contribution in [3.63, 3.8) is 0 Å². The van der Waals surface area contributed by atoms with Crippen LogP contribution in [-0.2, 0) is 9.53 Å². The summed E-state index contributed by atoms with van der Waals surface area (Å²) in [5, 5.41) is 13.6. The minimum Gasteiger partial charge on any atom is -0.379 e. The molecule has 126 valence electrons. The van der Waals surface area contributed by atoms with Crippen LogP contribution in [0.2, 0.25) is 0 Å². The highest BCUT2D eigenvalue weighted by Gasteiger charge is 2.16. The topological polar surface area (TPSA) is 84.7 Å². The van der Waals surface area contributed by atoms with Gasteiger partial charge in [-0.05, 0) is 25.5 Å². The van der Waals surface area contributed by atoms with E-state index in [4.69, 9.17) is 4.74 Å². The molecule has 0 radical (unpaired) electrons. The highest BCUT2D eigenvalue weighted by Crippen LogP contribution is 2.19. The molecule has 7 nitrogen and oxygen atoms in total. The van der Waals surface area contributed by atoms with E-state index < -0.39 is 4.92 Å². The van der Waals surface area contributed by atoms with Crippen molar-refractivity contribution < 1.29 is 14.5 Å². The Balaban J connectivity index is 1.72. The lowest BCUT2D eigenvalue weighted by Crippen LogP contribution is -2.38. The van der Waals surface area contributed by atoms with Gasteiger partial charge in [-0.15, -0.1) is 0 Å². The molecule has 0 aromatic heterocycles. The third kappa shape index (κ3) is 5.30. The lowest BCUT2D eigenvalue weighted by molar-refractivity contribution is -0.384. The second-order valence-corrected chi connectivity index (χ2v) is 5.67. The van der Waals surface area contributed by atoms with E-state index in [1.54, 1.807) is 19.1 Å². The Morgan fingerprint density at radius 2 is 2.00 bits per heavy atom. The van der Waals surface area contributed by atoms with Gasteiger partial charge in [0.15, 0.2) is 0 Å². The first-order valence-corrected chi connectivity index (χ1v) is 7.90. The van der Waals surface area contributed by atoms with Crippen LogP contribution in [0, 0.1) is 10.1 Å². The van der Waals surface area contributed by atoms with E-state index in [2.05, 4.69) is 10.2 Å². The molecular weight excluding hydrogens is 298 g/mol. The summed E-state index contributed by atoms with van der Waals surface area (Å²) < 4.78 is 5.29. The van der Waals surface area contributed by atoms with Crippen molar-refractivity contribution in [2.75, 3.05) is 39.4 Å². The number of ether oxygens (including phenoxy) is 1. The Morgan fingerprint density at radius 3 is 2.61 bits per heavy atom. The number of carbonyl (C=O) groups excluding carboxylic acids is 1. The van der Waals surface area contributed by atoms with Crippen LogP contribution in [0.5, 0.6) is 0 Å².